The van der Waals surface area contributed by atoms with Crippen molar-refractivity contribution >= 4 is 0 Å². The van der Waals surface area contributed by atoms with Crippen molar-refractivity contribution in [3.63, 3.8) is 0 Å². The summed E-state index contributed by atoms with van der Waals surface area (Å²) in [6.45, 7) is 2.36. The Labute approximate surface area is 95.7 Å². The van der Waals surface area contributed by atoms with E-state index < -0.39 is 5.92 Å². The second-order valence-electron chi connectivity index (χ2n) is 4.05. The van der Waals surface area contributed by atoms with Crippen LogP contribution >= 0.6 is 0 Å². The van der Waals surface area contributed by atoms with Crippen LogP contribution in [0.1, 0.15) is 37.3 Å². The highest BCUT2D eigenvalue weighted by molar-refractivity contribution is 5.27. The first-order chi connectivity index (χ1) is 7.60. The van der Waals surface area contributed by atoms with Crippen LogP contribution in [0.3, 0.4) is 0 Å². The summed E-state index contributed by atoms with van der Waals surface area (Å²) in [5.74, 6) is -2.70. The molecule has 2 N–H and O–H groups in total. The molecule has 0 bridgehead atoms. The molecule has 3 heteroatoms. The number of hydrogen-bond acceptors (Lipinski definition) is 1. The van der Waals surface area contributed by atoms with Crippen molar-refractivity contribution in [2.24, 2.45) is 5.73 Å². The third kappa shape index (κ3) is 3.56. The molecule has 1 aromatic carbocycles. The first-order valence-electron chi connectivity index (χ1n) is 5.77. The normalized spacial score (nSPS) is 11.8. The van der Waals surface area contributed by atoms with Gasteiger partial charge in [0.1, 0.15) is 0 Å². The number of alkyl halides is 2. The summed E-state index contributed by atoms with van der Waals surface area (Å²) in [5.41, 5.74) is 6.47. The summed E-state index contributed by atoms with van der Waals surface area (Å²) in [5, 5.41) is 0. The Bertz CT molecular complexity index is 323. The van der Waals surface area contributed by atoms with Crippen molar-refractivity contribution in [3.05, 3.63) is 35.4 Å². The van der Waals surface area contributed by atoms with Crippen LogP contribution in [0.15, 0.2) is 24.3 Å². The van der Waals surface area contributed by atoms with E-state index in [9.17, 15) is 8.78 Å². The molecule has 0 unspecified atom stereocenters. The standard InChI is InChI=1S/C13H19F2N/c1-2-8-13(14,15)12-7-3-5-11(10-12)6-4-9-16/h3,5,7,10H,2,4,6,8-9,16H2,1H3. The molecule has 0 atom stereocenters. The average Bonchev–Trinajstić information content (AvgIpc) is 2.27. The molecule has 16 heavy (non-hydrogen) atoms. The Kier molecular flexibility index (Phi) is 4.87. The van der Waals surface area contributed by atoms with Gasteiger partial charge in [-0.05, 0) is 31.0 Å². The van der Waals surface area contributed by atoms with Gasteiger partial charge in [0.15, 0.2) is 0 Å². The second-order valence-corrected chi connectivity index (χ2v) is 4.05. The Morgan fingerprint density at radius 3 is 2.69 bits per heavy atom. The Morgan fingerprint density at radius 2 is 2.06 bits per heavy atom. The molecule has 0 saturated heterocycles. The van der Waals surface area contributed by atoms with Gasteiger partial charge in [0, 0.05) is 12.0 Å². The van der Waals surface area contributed by atoms with Gasteiger partial charge in [-0.1, -0.05) is 31.5 Å². The molecule has 90 valence electrons. The van der Waals surface area contributed by atoms with Gasteiger partial charge in [-0.2, -0.15) is 0 Å². The van der Waals surface area contributed by atoms with E-state index in [1.807, 2.05) is 6.07 Å². The lowest BCUT2D eigenvalue weighted by Crippen LogP contribution is -2.13. The van der Waals surface area contributed by atoms with E-state index in [-0.39, 0.29) is 12.0 Å². The van der Waals surface area contributed by atoms with Gasteiger partial charge >= 0.3 is 0 Å². The highest BCUT2D eigenvalue weighted by Gasteiger charge is 2.29. The molecule has 0 aliphatic carbocycles. The van der Waals surface area contributed by atoms with Gasteiger partial charge < -0.3 is 5.73 Å². The van der Waals surface area contributed by atoms with Crippen LogP contribution in [-0.4, -0.2) is 6.54 Å². The van der Waals surface area contributed by atoms with Crippen molar-refractivity contribution < 1.29 is 8.78 Å². The van der Waals surface area contributed by atoms with E-state index in [1.165, 1.54) is 6.07 Å². The van der Waals surface area contributed by atoms with E-state index in [4.69, 9.17) is 5.73 Å². The Morgan fingerprint density at radius 1 is 1.31 bits per heavy atom. The Balaban J connectivity index is 2.80. The van der Waals surface area contributed by atoms with Crippen LogP contribution in [0.5, 0.6) is 0 Å². The van der Waals surface area contributed by atoms with E-state index in [0.717, 1.165) is 18.4 Å². The highest BCUT2D eigenvalue weighted by atomic mass is 19.3. The lowest BCUT2D eigenvalue weighted by atomic mass is 10.00. The molecule has 0 heterocycles. The molecule has 0 radical (unpaired) electrons. The van der Waals surface area contributed by atoms with Crippen LogP contribution in [0.25, 0.3) is 0 Å². The maximum absolute atomic E-state index is 13.6. The second kappa shape index (κ2) is 5.94. The van der Waals surface area contributed by atoms with Crippen LogP contribution < -0.4 is 5.73 Å². The number of benzene rings is 1. The van der Waals surface area contributed by atoms with Crippen molar-refractivity contribution in [1.29, 1.82) is 0 Å². The summed E-state index contributed by atoms with van der Waals surface area (Å²) < 4.78 is 27.3. The number of aryl methyl sites for hydroxylation is 1. The number of halogens is 2. The molecule has 1 nitrogen and oxygen atoms in total. The minimum absolute atomic E-state index is 0.0899. The van der Waals surface area contributed by atoms with E-state index in [1.54, 1.807) is 19.1 Å². The number of hydrogen-bond donors (Lipinski definition) is 1. The van der Waals surface area contributed by atoms with Gasteiger partial charge in [0.2, 0.25) is 0 Å². The molecule has 0 aromatic heterocycles. The van der Waals surface area contributed by atoms with E-state index in [2.05, 4.69) is 0 Å². The van der Waals surface area contributed by atoms with Crippen LogP contribution in [0.2, 0.25) is 0 Å². The summed E-state index contributed by atoms with van der Waals surface area (Å²) in [4.78, 5) is 0. The first kappa shape index (κ1) is 13.1. The van der Waals surface area contributed by atoms with Crippen LogP contribution in [0, 0.1) is 0 Å². The van der Waals surface area contributed by atoms with Gasteiger partial charge in [-0.15, -0.1) is 0 Å². The molecular weight excluding hydrogens is 208 g/mol. The summed E-state index contributed by atoms with van der Waals surface area (Å²) in [7, 11) is 0. The maximum atomic E-state index is 13.6. The predicted octanol–water partition coefficient (Wildman–Crippen LogP) is 3.47. The van der Waals surface area contributed by atoms with Crippen LogP contribution in [0.4, 0.5) is 8.78 Å². The van der Waals surface area contributed by atoms with Gasteiger partial charge in [-0.25, -0.2) is 8.78 Å². The quantitative estimate of drug-likeness (QED) is 0.791. The zero-order valence-electron chi connectivity index (χ0n) is 9.68. The van der Waals surface area contributed by atoms with Crippen molar-refractivity contribution in [1.82, 2.24) is 0 Å². The van der Waals surface area contributed by atoms with E-state index >= 15 is 0 Å². The molecule has 0 aliphatic rings. The third-order valence-corrected chi connectivity index (χ3v) is 2.58. The lowest BCUT2D eigenvalue weighted by molar-refractivity contribution is -0.0140. The molecule has 0 aliphatic heterocycles. The molecule has 0 fully saturated rings. The molecular formula is C13H19F2N. The monoisotopic (exact) mass is 227 g/mol. The summed E-state index contributed by atoms with van der Waals surface area (Å²) >= 11 is 0. The van der Waals surface area contributed by atoms with E-state index in [0.29, 0.717) is 13.0 Å². The van der Waals surface area contributed by atoms with Crippen molar-refractivity contribution in [3.8, 4) is 0 Å². The van der Waals surface area contributed by atoms with Crippen molar-refractivity contribution in [2.75, 3.05) is 6.54 Å². The minimum Gasteiger partial charge on any atom is -0.330 e. The maximum Gasteiger partial charge on any atom is 0.273 e. The molecule has 0 saturated carbocycles. The topological polar surface area (TPSA) is 26.0 Å². The largest absolute Gasteiger partial charge is 0.330 e. The summed E-state index contributed by atoms with van der Waals surface area (Å²) in [6.07, 6.45) is 2.00. The smallest absolute Gasteiger partial charge is 0.273 e. The lowest BCUT2D eigenvalue weighted by Gasteiger charge is -2.16. The van der Waals surface area contributed by atoms with Gasteiger partial charge in [0.05, 0.1) is 0 Å². The Hall–Kier alpha value is -0.960. The van der Waals surface area contributed by atoms with Crippen molar-refractivity contribution in [2.45, 2.75) is 38.5 Å². The average molecular weight is 227 g/mol. The first-order valence-corrected chi connectivity index (χ1v) is 5.77. The SMILES string of the molecule is CCCC(F)(F)c1cccc(CCCN)c1. The number of nitrogens with two attached hydrogens (primary N) is 1. The predicted molar refractivity (Wildman–Crippen MR) is 62.6 cm³/mol. The zero-order valence-corrected chi connectivity index (χ0v) is 9.68. The molecule has 0 spiro atoms. The third-order valence-electron chi connectivity index (χ3n) is 2.58. The number of rotatable bonds is 6. The fourth-order valence-corrected chi connectivity index (χ4v) is 1.72. The minimum atomic E-state index is -2.70. The van der Waals surface area contributed by atoms with Crippen LogP contribution in [-0.2, 0) is 12.3 Å². The highest BCUT2D eigenvalue weighted by Crippen LogP contribution is 2.33. The molecule has 1 rings (SSSR count). The summed E-state index contributed by atoms with van der Waals surface area (Å²) in [6, 6.07) is 6.68. The van der Waals surface area contributed by atoms with Gasteiger partial charge in [0.25, 0.3) is 5.92 Å². The molecule has 1 aromatic rings. The van der Waals surface area contributed by atoms with Gasteiger partial charge in [-0.3, -0.25) is 0 Å². The molecule has 0 amide bonds. The zero-order chi connectivity index (χ0) is 12.0. The fourth-order valence-electron chi connectivity index (χ4n) is 1.72. The fraction of sp³-hybridized carbons (Fsp3) is 0.538.